The van der Waals surface area contributed by atoms with Crippen molar-refractivity contribution in [2.75, 3.05) is 7.11 Å². The van der Waals surface area contributed by atoms with Gasteiger partial charge in [-0.2, -0.15) is 5.10 Å². The molecule has 0 amide bonds. The van der Waals surface area contributed by atoms with Crippen LogP contribution in [0.15, 0.2) is 48.8 Å². The fourth-order valence-corrected chi connectivity index (χ4v) is 3.63. The topological polar surface area (TPSA) is 44.4 Å². The third-order valence-electron chi connectivity index (χ3n) is 4.99. The summed E-state index contributed by atoms with van der Waals surface area (Å²) >= 11 is 0. The Morgan fingerprint density at radius 3 is 2.92 bits per heavy atom. The van der Waals surface area contributed by atoms with Crippen molar-refractivity contribution < 1.29 is 4.74 Å². The van der Waals surface area contributed by atoms with Crippen LogP contribution in [0, 0.1) is 0 Å². The zero-order valence-electron chi connectivity index (χ0n) is 13.7. The highest BCUT2D eigenvalue weighted by Crippen LogP contribution is 2.55. The summed E-state index contributed by atoms with van der Waals surface area (Å²) < 4.78 is 9.32. The molecule has 1 aromatic carbocycles. The number of fused-ring (bicyclic) bond motifs is 2. The fourth-order valence-electron chi connectivity index (χ4n) is 3.63. The minimum Gasteiger partial charge on any atom is -0.497 e. The first-order valence-electron chi connectivity index (χ1n) is 8.19. The van der Waals surface area contributed by atoms with Gasteiger partial charge in [-0.3, -0.25) is 4.68 Å². The summed E-state index contributed by atoms with van der Waals surface area (Å²) in [6.07, 6.45) is 5.24. The first kappa shape index (κ1) is 13.6. The van der Waals surface area contributed by atoms with Gasteiger partial charge in [0.25, 0.3) is 0 Å². The molecule has 0 bridgehead atoms. The number of ether oxygens (including phenoxy) is 1. The van der Waals surface area contributed by atoms with E-state index in [1.807, 2.05) is 30.1 Å². The molecule has 24 heavy (non-hydrogen) atoms. The van der Waals surface area contributed by atoms with Crippen molar-refractivity contribution in [2.24, 2.45) is 7.05 Å². The van der Waals surface area contributed by atoms with Gasteiger partial charge in [0.2, 0.25) is 0 Å². The third kappa shape index (κ3) is 1.94. The van der Waals surface area contributed by atoms with E-state index in [4.69, 9.17) is 14.8 Å². The molecule has 0 N–H and O–H groups in total. The van der Waals surface area contributed by atoms with Crippen LogP contribution in [-0.4, -0.2) is 26.3 Å². The number of benzene rings is 1. The molecule has 3 aromatic heterocycles. The van der Waals surface area contributed by atoms with Gasteiger partial charge >= 0.3 is 0 Å². The van der Waals surface area contributed by atoms with Crippen molar-refractivity contribution >= 4 is 16.6 Å². The second-order valence-electron chi connectivity index (χ2n) is 6.47. The summed E-state index contributed by atoms with van der Waals surface area (Å²) in [5, 5.41) is 6.03. The maximum atomic E-state index is 5.28. The molecule has 5 rings (SSSR count). The number of aryl methyl sites for hydroxylation is 1. The summed E-state index contributed by atoms with van der Waals surface area (Å²) in [4.78, 5) is 4.79. The molecule has 3 heterocycles. The Labute approximate surface area is 139 Å². The van der Waals surface area contributed by atoms with E-state index in [0.29, 0.717) is 11.8 Å². The van der Waals surface area contributed by atoms with Crippen LogP contribution in [0.5, 0.6) is 5.75 Å². The number of hydrogen-bond acceptors (Lipinski definition) is 3. The molecule has 1 fully saturated rings. The second-order valence-corrected chi connectivity index (χ2v) is 6.47. The summed E-state index contributed by atoms with van der Waals surface area (Å²) in [6.45, 7) is 0. The van der Waals surface area contributed by atoms with Gasteiger partial charge in [0, 0.05) is 42.7 Å². The number of pyridine rings is 1. The average Bonchev–Trinajstić information content (AvgIpc) is 3.18. The molecule has 2 atom stereocenters. The van der Waals surface area contributed by atoms with Gasteiger partial charge in [-0.05, 0) is 18.6 Å². The molecule has 1 aliphatic carbocycles. The van der Waals surface area contributed by atoms with Gasteiger partial charge in [0.1, 0.15) is 11.4 Å². The van der Waals surface area contributed by atoms with E-state index < -0.39 is 0 Å². The monoisotopic (exact) mass is 318 g/mol. The van der Waals surface area contributed by atoms with E-state index in [9.17, 15) is 0 Å². The maximum Gasteiger partial charge on any atom is 0.140 e. The molecule has 0 radical (unpaired) electrons. The molecule has 1 aliphatic rings. The number of aromatic nitrogens is 4. The maximum absolute atomic E-state index is 5.28. The van der Waals surface area contributed by atoms with E-state index in [1.54, 1.807) is 7.11 Å². The average molecular weight is 318 g/mol. The highest BCUT2D eigenvalue weighted by atomic mass is 16.5. The number of para-hydroxylation sites is 1. The lowest BCUT2D eigenvalue weighted by atomic mass is 10.1. The third-order valence-corrected chi connectivity index (χ3v) is 4.99. The van der Waals surface area contributed by atoms with E-state index in [0.717, 1.165) is 23.5 Å². The number of rotatable bonds is 3. The molecule has 120 valence electrons. The molecule has 4 aromatic rings. The lowest BCUT2D eigenvalue weighted by Gasteiger charge is -1.98. The van der Waals surface area contributed by atoms with Crippen LogP contribution in [0.25, 0.3) is 16.6 Å². The van der Waals surface area contributed by atoms with Crippen LogP contribution in [0.1, 0.15) is 29.6 Å². The Kier molecular flexibility index (Phi) is 2.74. The highest BCUT2D eigenvalue weighted by molar-refractivity contribution is 5.83. The van der Waals surface area contributed by atoms with Gasteiger partial charge in [0.05, 0.1) is 24.0 Å². The van der Waals surface area contributed by atoms with Crippen molar-refractivity contribution in [1.29, 1.82) is 0 Å². The van der Waals surface area contributed by atoms with Gasteiger partial charge in [-0.25, -0.2) is 4.98 Å². The number of hydrogen-bond donors (Lipinski definition) is 0. The highest BCUT2D eigenvalue weighted by Gasteiger charge is 2.43. The van der Waals surface area contributed by atoms with E-state index >= 15 is 0 Å². The quantitative estimate of drug-likeness (QED) is 0.581. The normalized spacial score (nSPS) is 19.9. The molecule has 5 heteroatoms. The lowest BCUT2D eigenvalue weighted by molar-refractivity contribution is 0.414. The molecular formula is C19H18N4O. The van der Waals surface area contributed by atoms with E-state index in [2.05, 4.69) is 34.9 Å². The Balaban J connectivity index is 1.51. The zero-order chi connectivity index (χ0) is 16.3. The minimum absolute atomic E-state index is 0.453. The summed E-state index contributed by atoms with van der Waals surface area (Å²) in [6, 6.07) is 12.4. The Morgan fingerprint density at radius 2 is 2.04 bits per heavy atom. The summed E-state index contributed by atoms with van der Waals surface area (Å²) in [7, 11) is 3.69. The second kappa shape index (κ2) is 4.84. The molecule has 0 aliphatic heterocycles. The molecule has 5 nitrogen and oxygen atoms in total. The molecule has 0 spiro atoms. The SMILES string of the molecule is COc1ccn2cc(C3CC3c3nn(C)c4ccccc34)nc2c1. The van der Waals surface area contributed by atoms with Crippen LogP contribution in [0.2, 0.25) is 0 Å². The van der Waals surface area contributed by atoms with Gasteiger partial charge in [0.15, 0.2) is 0 Å². The number of imidazole rings is 1. The van der Waals surface area contributed by atoms with E-state index in [-0.39, 0.29) is 0 Å². The smallest absolute Gasteiger partial charge is 0.140 e. The van der Waals surface area contributed by atoms with Gasteiger partial charge < -0.3 is 9.14 Å². The molecule has 1 saturated carbocycles. The van der Waals surface area contributed by atoms with Gasteiger partial charge in [-0.15, -0.1) is 0 Å². The summed E-state index contributed by atoms with van der Waals surface area (Å²) in [5.41, 5.74) is 4.47. The van der Waals surface area contributed by atoms with Crippen LogP contribution in [0.4, 0.5) is 0 Å². The number of methoxy groups -OCH3 is 1. The Bertz CT molecular complexity index is 1060. The fraction of sp³-hybridized carbons (Fsp3) is 0.263. The Morgan fingerprint density at radius 1 is 1.17 bits per heavy atom. The van der Waals surface area contributed by atoms with Crippen molar-refractivity contribution in [3.63, 3.8) is 0 Å². The van der Waals surface area contributed by atoms with Crippen molar-refractivity contribution in [3.8, 4) is 5.75 Å². The zero-order valence-corrected chi connectivity index (χ0v) is 13.7. The van der Waals surface area contributed by atoms with Crippen molar-refractivity contribution in [2.45, 2.75) is 18.3 Å². The van der Waals surface area contributed by atoms with Crippen LogP contribution in [-0.2, 0) is 7.05 Å². The first-order chi connectivity index (χ1) is 11.7. The Hall–Kier alpha value is -2.82. The lowest BCUT2D eigenvalue weighted by Crippen LogP contribution is -1.91. The van der Waals surface area contributed by atoms with Crippen LogP contribution in [0.3, 0.4) is 0 Å². The van der Waals surface area contributed by atoms with Gasteiger partial charge in [-0.1, -0.05) is 18.2 Å². The minimum atomic E-state index is 0.453. The predicted octanol–water partition coefficient (Wildman–Crippen LogP) is 3.50. The standard InChI is InChI=1S/C19H18N4O/c1-22-17-6-4-3-5-13(17)19(21-22)15-10-14(15)16-11-23-8-7-12(24-2)9-18(23)20-16/h3-9,11,14-15H,10H2,1-2H3. The number of nitrogens with zero attached hydrogens (tertiary/aromatic N) is 4. The summed E-state index contributed by atoms with van der Waals surface area (Å²) in [5.74, 6) is 1.75. The first-order valence-corrected chi connectivity index (χ1v) is 8.19. The van der Waals surface area contributed by atoms with Crippen LogP contribution < -0.4 is 4.74 Å². The molecular weight excluding hydrogens is 300 g/mol. The van der Waals surface area contributed by atoms with Crippen molar-refractivity contribution in [1.82, 2.24) is 19.2 Å². The van der Waals surface area contributed by atoms with Crippen LogP contribution >= 0.6 is 0 Å². The van der Waals surface area contributed by atoms with E-state index in [1.165, 1.54) is 16.6 Å². The molecule has 2 unspecified atom stereocenters. The largest absolute Gasteiger partial charge is 0.497 e. The predicted molar refractivity (Wildman–Crippen MR) is 92.6 cm³/mol. The molecule has 0 saturated heterocycles. The van der Waals surface area contributed by atoms with Crippen molar-refractivity contribution in [3.05, 3.63) is 60.2 Å².